The van der Waals surface area contributed by atoms with E-state index < -0.39 is 18.1 Å². The van der Waals surface area contributed by atoms with E-state index in [1.54, 1.807) is 7.05 Å². The molecule has 0 aromatic carbocycles. The van der Waals surface area contributed by atoms with Crippen LogP contribution in [0.15, 0.2) is 0 Å². The summed E-state index contributed by atoms with van der Waals surface area (Å²) >= 11 is 0. The number of likely N-dealkylation sites (N-methyl/N-ethyl adjacent to an activating group) is 1. The lowest BCUT2D eigenvalue weighted by Crippen LogP contribution is -2.48. The van der Waals surface area contributed by atoms with Gasteiger partial charge < -0.3 is 15.5 Å². The molecule has 4 nitrogen and oxygen atoms in total. The zero-order valence-electron chi connectivity index (χ0n) is 8.57. The summed E-state index contributed by atoms with van der Waals surface area (Å²) in [5.74, 6) is -0.817. The van der Waals surface area contributed by atoms with Gasteiger partial charge >= 0.3 is 5.97 Å². The number of carboxylic acids is 1. The topological polar surface area (TPSA) is 69.6 Å². The van der Waals surface area contributed by atoms with Gasteiger partial charge in [-0.2, -0.15) is 0 Å². The van der Waals surface area contributed by atoms with Gasteiger partial charge in [0, 0.05) is 0 Å². The second-order valence-corrected chi connectivity index (χ2v) is 3.99. The van der Waals surface area contributed by atoms with Crippen LogP contribution in [0.5, 0.6) is 0 Å². The van der Waals surface area contributed by atoms with E-state index in [2.05, 4.69) is 5.32 Å². The molecule has 0 unspecified atom stereocenters. The third-order valence-electron chi connectivity index (χ3n) is 3.05. The van der Waals surface area contributed by atoms with Crippen molar-refractivity contribution in [1.82, 2.24) is 5.32 Å². The molecular weight excluding hydrogens is 182 g/mol. The van der Waals surface area contributed by atoms with Crippen LogP contribution in [-0.2, 0) is 4.79 Å². The predicted octanol–water partition coefficient (Wildman–Crippen LogP) is 0.600. The second kappa shape index (κ2) is 5.32. The van der Waals surface area contributed by atoms with Crippen molar-refractivity contribution in [2.24, 2.45) is 5.92 Å². The molecule has 0 bridgehead atoms. The number of carbonyl (C=O) groups is 1. The first kappa shape index (κ1) is 11.5. The average Bonchev–Trinajstić information content (AvgIpc) is 2.19. The Kier molecular flexibility index (Phi) is 4.35. The first-order valence-corrected chi connectivity index (χ1v) is 5.25. The highest BCUT2D eigenvalue weighted by Gasteiger charge is 2.32. The smallest absolute Gasteiger partial charge is 0.323 e. The quantitative estimate of drug-likeness (QED) is 0.623. The lowest BCUT2D eigenvalue weighted by molar-refractivity contribution is -0.143. The van der Waals surface area contributed by atoms with Crippen LogP contribution in [0, 0.1) is 5.92 Å². The summed E-state index contributed by atoms with van der Waals surface area (Å²) in [6.45, 7) is 0. The van der Waals surface area contributed by atoms with Crippen LogP contribution in [0.25, 0.3) is 0 Å². The van der Waals surface area contributed by atoms with Gasteiger partial charge in [0.2, 0.25) is 0 Å². The SMILES string of the molecule is CN[C@H](C(=O)O)[C@H](O)C1CCCCC1. The van der Waals surface area contributed by atoms with Crippen LogP contribution in [0.1, 0.15) is 32.1 Å². The molecule has 1 aliphatic rings. The average molecular weight is 201 g/mol. The Morgan fingerprint density at radius 2 is 1.93 bits per heavy atom. The zero-order valence-corrected chi connectivity index (χ0v) is 8.57. The third-order valence-corrected chi connectivity index (χ3v) is 3.05. The minimum atomic E-state index is -0.967. The van der Waals surface area contributed by atoms with Crippen molar-refractivity contribution in [1.29, 1.82) is 0 Å². The highest BCUT2D eigenvalue weighted by atomic mass is 16.4. The van der Waals surface area contributed by atoms with E-state index in [-0.39, 0.29) is 5.92 Å². The van der Waals surface area contributed by atoms with Crippen LogP contribution in [0.3, 0.4) is 0 Å². The van der Waals surface area contributed by atoms with Crippen molar-refractivity contribution in [2.45, 2.75) is 44.2 Å². The first-order chi connectivity index (χ1) is 6.66. The monoisotopic (exact) mass is 201 g/mol. The van der Waals surface area contributed by atoms with E-state index >= 15 is 0 Å². The van der Waals surface area contributed by atoms with Crippen LogP contribution in [-0.4, -0.2) is 35.4 Å². The maximum Gasteiger partial charge on any atom is 0.323 e. The van der Waals surface area contributed by atoms with Gasteiger partial charge in [0.25, 0.3) is 0 Å². The van der Waals surface area contributed by atoms with E-state index in [1.807, 2.05) is 0 Å². The van der Waals surface area contributed by atoms with Gasteiger partial charge in [-0.3, -0.25) is 4.79 Å². The van der Waals surface area contributed by atoms with Crippen molar-refractivity contribution >= 4 is 5.97 Å². The highest BCUT2D eigenvalue weighted by Crippen LogP contribution is 2.27. The van der Waals surface area contributed by atoms with E-state index in [0.29, 0.717) is 0 Å². The van der Waals surface area contributed by atoms with E-state index in [9.17, 15) is 9.90 Å². The Hall–Kier alpha value is -0.610. The number of carboxylic acid groups (broad SMARTS) is 1. The van der Waals surface area contributed by atoms with Crippen LogP contribution >= 0.6 is 0 Å². The van der Waals surface area contributed by atoms with Gasteiger partial charge in [0.15, 0.2) is 0 Å². The third kappa shape index (κ3) is 2.69. The molecule has 1 rings (SSSR count). The van der Waals surface area contributed by atoms with E-state index in [1.165, 1.54) is 6.42 Å². The fourth-order valence-electron chi connectivity index (χ4n) is 2.19. The van der Waals surface area contributed by atoms with Gasteiger partial charge in [-0.25, -0.2) is 0 Å². The van der Waals surface area contributed by atoms with Crippen LogP contribution in [0.4, 0.5) is 0 Å². The molecule has 0 spiro atoms. The molecular formula is C10H19NO3. The van der Waals surface area contributed by atoms with E-state index in [4.69, 9.17) is 5.11 Å². The minimum absolute atomic E-state index is 0.150. The van der Waals surface area contributed by atoms with Crippen molar-refractivity contribution < 1.29 is 15.0 Å². The maximum atomic E-state index is 10.8. The fraction of sp³-hybridized carbons (Fsp3) is 0.900. The lowest BCUT2D eigenvalue weighted by atomic mass is 9.82. The largest absolute Gasteiger partial charge is 0.480 e. The molecule has 2 atom stereocenters. The van der Waals surface area contributed by atoms with Crippen LogP contribution in [0.2, 0.25) is 0 Å². The van der Waals surface area contributed by atoms with Gasteiger partial charge in [-0.05, 0) is 25.8 Å². The number of aliphatic hydroxyl groups is 1. The Bertz CT molecular complexity index is 190. The fourth-order valence-corrected chi connectivity index (χ4v) is 2.19. The molecule has 3 N–H and O–H groups in total. The summed E-state index contributed by atoms with van der Waals surface area (Å²) in [5, 5.41) is 21.4. The molecule has 1 saturated carbocycles. The van der Waals surface area contributed by atoms with Crippen molar-refractivity contribution in [3.63, 3.8) is 0 Å². The van der Waals surface area contributed by atoms with Gasteiger partial charge in [-0.15, -0.1) is 0 Å². The molecule has 0 saturated heterocycles. The summed E-state index contributed by atoms with van der Waals surface area (Å²) in [7, 11) is 1.57. The van der Waals surface area contributed by atoms with E-state index in [0.717, 1.165) is 25.7 Å². The Balaban J connectivity index is 2.51. The van der Waals surface area contributed by atoms with Crippen LogP contribution < -0.4 is 5.32 Å². The molecule has 0 aliphatic heterocycles. The standard InChI is InChI=1S/C10H19NO3/c1-11-8(10(13)14)9(12)7-5-3-2-4-6-7/h7-9,11-12H,2-6H2,1H3,(H,13,14)/t8-,9+/m0/s1. The molecule has 0 aromatic heterocycles. The Morgan fingerprint density at radius 1 is 1.36 bits per heavy atom. The number of rotatable bonds is 4. The minimum Gasteiger partial charge on any atom is -0.480 e. The zero-order chi connectivity index (χ0) is 10.6. The van der Waals surface area contributed by atoms with Crippen molar-refractivity contribution in [3.8, 4) is 0 Å². The lowest BCUT2D eigenvalue weighted by Gasteiger charge is -2.29. The maximum absolute atomic E-state index is 10.8. The molecule has 0 radical (unpaired) electrons. The summed E-state index contributed by atoms with van der Waals surface area (Å²) in [5.41, 5.74) is 0. The number of hydrogen-bond acceptors (Lipinski definition) is 3. The van der Waals surface area contributed by atoms with Crippen molar-refractivity contribution in [2.75, 3.05) is 7.05 Å². The normalized spacial score (nSPS) is 23.0. The molecule has 1 fully saturated rings. The molecule has 0 heterocycles. The summed E-state index contributed by atoms with van der Waals surface area (Å²) in [6, 6.07) is -0.821. The van der Waals surface area contributed by atoms with Gasteiger partial charge in [0.05, 0.1) is 6.10 Å². The summed E-state index contributed by atoms with van der Waals surface area (Å²) in [4.78, 5) is 10.8. The molecule has 0 aromatic rings. The second-order valence-electron chi connectivity index (χ2n) is 3.99. The Morgan fingerprint density at radius 3 is 2.36 bits per heavy atom. The number of hydrogen-bond donors (Lipinski definition) is 3. The first-order valence-electron chi connectivity index (χ1n) is 5.25. The molecule has 0 amide bonds. The molecule has 14 heavy (non-hydrogen) atoms. The number of aliphatic hydroxyl groups excluding tert-OH is 1. The van der Waals surface area contributed by atoms with Crippen molar-refractivity contribution in [3.05, 3.63) is 0 Å². The highest BCUT2D eigenvalue weighted by molar-refractivity contribution is 5.74. The summed E-state index contributed by atoms with van der Waals surface area (Å²) < 4.78 is 0. The molecule has 4 heteroatoms. The molecule has 82 valence electrons. The molecule has 1 aliphatic carbocycles. The predicted molar refractivity (Wildman–Crippen MR) is 53.1 cm³/mol. The van der Waals surface area contributed by atoms with Gasteiger partial charge in [0.1, 0.15) is 6.04 Å². The number of nitrogens with one attached hydrogen (secondary N) is 1. The summed E-state index contributed by atoms with van der Waals surface area (Å²) in [6.07, 6.45) is 4.58. The number of aliphatic carboxylic acids is 1. The Labute approximate surface area is 84.3 Å². The van der Waals surface area contributed by atoms with Gasteiger partial charge in [-0.1, -0.05) is 19.3 Å².